The normalized spacial score (nSPS) is 17.0. The number of fused-ring (bicyclic) bond motifs is 1. The van der Waals surface area contributed by atoms with Crippen LogP contribution in [0.1, 0.15) is 31.1 Å². The predicted molar refractivity (Wildman–Crippen MR) is 101 cm³/mol. The SMILES string of the molecule is Nc1n(CCN2CCCCC2)c2ccccc2[n+]1C[C@@H](O)c1ccco1. The lowest BCUT2D eigenvalue weighted by molar-refractivity contribution is -0.666. The number of benzene rings is 1. The number of likely N-dealkylation sites (tertiary alicyclic amines) is 1. The third-order valence-corrected chi connectivity index (χ3v) is 5.33. The molecule has 0 aliphatic carbocycles. The summed E-state index contributed by atoms with van der Waals surface area (Å²) in [6.07, 6.45) is 4.78. The van der Waals surface area contributed by atoms with E-state index in [0.717, 1.165) is 24.1 Å². The number of para-hydroxylation sites is 2. The molecule has 6 heteroatoms. The zero-order chi connectivity index (χ0) is 17.9. The number of hydrogen-bond donors (Lipinski definition) is 2. The number of aromatic nitrogens is 2. The molecule has 0 bridgehead atoms. The third kappa shape index (κ3) is 3.34. The second-order valence-corrected chi connectivity index (χ2v) is 7.04. The molecule has 0 unspecified atom stereocenters. The van der Waals surface area contributed by atoms with E-state index in [4.69, 9.17) is 10.2 Å². The van der Waals surface area contributed by atoms with Crippen LogP contribution >= 0.6 is 0 Å². The van der Waals surface area contributed by atoms with Crippen LogP contribution in [0.2, 0.25) is 0 Å². The van der Waals surface area contributed by atoms with Gasteiger partial charge in [0.25, 0.3) is 0 Å². The smallest absolute Gasteiger partial charge is 0.356 e. The molecule has 0 spiro atoms. The molecule has 1 aliphatic heterocycles. The average molecular weight is 355 g/mol. The molecule has 3 heterocycles. The monoisotopic (exact) mass is 355 g/mol. The van der Waals surface area contributed by atoms with E-state index in [9.17, 15) is 5.11 Å². The molecule has 1 atom stereocenters. The van der Waals surface area contributed by atoms with Gasteiger partial charge >= 0.3 is 5.95 Å². The summed E-state index contributed by atoms with van der Waals surface area (Å²) >= 11 is 0. The fourth-order valence-corrected chi connectivity index (χ4v) is 3.91. The Labute approximate surface area is 153 Å². The minimum atomic E-state index is -0.723. The number of piperidine rings is 1. The quantitative estimate of drug-likeness (QED) is 0.666. The summed E-state index contributed by atoms with van der Waals surface area (Å²) in [5.41, 5.74) is 8.64. The molecule has 1 aliphatic rings. The van der Waals surface area contributed by atoms with Crippen molar-refractivity contribution in [2.24, 2.45) is 0 Å². The third-order valence-electron chi connectivity index (χ3n) is 5.33. The molecule has 26 heavy (non-hydrogen) atoms. The number of nitrogen functional groups attached to an aromatic ring is 1. The Morgan fingerprint density at radius 3 is 2.65 bits per heavy atom. The molecule has 3 N–H and O–H groups in total. The van der Waals surface area contributed by atoms with Gasteiger partial charge in [0.15, 0.2) is 0 Å². The van der Waals surface area contributed by atoms with Crippen LogP contribution in [-0.2, 0) is 13.1 Å². The first-order valence-corrected chi connectivity index (χ1v) is 9.44. The van der Waals surface area contributed by atoms with Gasteiger partial charge in [-0.1, -0.05) is 18.6 Å². The molecule has 0 amide bonds. The second-order valence-electron chi connectivity index (χ2n) is 7.04. The van der Waals surface area contributed by atoms with Crippen molar-refractivity contribution >= 4 is 17.0 Å². The van der Waals surface area contributed by atoms with Gasteiger partial charge in [0, 0.05) is 6.54 Å². The van der Waals surface area contributed by atoms with Crippen molar-refractivity contribution in [3.05, 3.63) is 48.4 Å². The van der Waals surface area contributed by atoms with E-state index in [1.807, 2.05) is 16.7 Å². The molecule has 0 radical (unpaired) electrons. The van der Waals surface area contributed by atoms with Gasteiger partial charge in [0.05, 0.1) is 12.8 Å². The number of anilines is 1. The highest BCUT2D eigenvalue weighted by Crippen LogP contribution is 2.20. The number of hydrogen-bond acceptors (Lipinski definition) is 4. The van der Waals surface area contributed by atoms with Crippen LogP contribution in [0.5, 0.6) is 0 Å². The summed E-state index contributed by atoms with van der Waals surface area (Å²) in [6.45, 7) is 4.59. The zero-order valence-electron chi connectivity index (χ0n) is 15.1. The first kappa shape index (κ1) is 17.1. The number of nitrogens with two attached hydrogens (primary N) is 1. The first-order chi connectivity index (χ1) is 12.7. The van der Waals surface area contributed by atoms with E-state index in [0.29, 0.717) is 18.3 Å². The summed E-state index contributed by atoms with van der Waals surface area (Å²) in [7, 11) is 0. The Balaban J connectivity index is 1.60. The molecule has 6 nitrogen and oxygen atoms in total. The highest BCUT2D eigenvalue weighted by Gasteiger charge is 2.24. The van der Waals surface area contributed by atoms with Gasteiger partial charge in [-0.15, -0.1) is 0 Å². The Hall–Kier alpha value is -2.31. The van der Waals surface area contributed by atoms with Crippen LogP contribution < -0.4 is 10.3 Å². The van der Waals surface area contributed by atoms with Gasteiger partial charge in [-0.3, -0.25) is 5.73 Å². The summed E-state index contributed by atoms with van der Waals surface area (Å²) in [4.78, 5) is 2.51. The molecule has 1 aromatic carbocycles. The van der Waals surface area contributed by atoms with E-state index in [2.05, 4.69) is 21.6 Å². The van der Waals surface area contributed by atoms with Crippen LogP contribution in [-0.4, -0.2) is 34.2 Å². The largest absolute Gasteiger partial charge is 0.466 e. The molecular weight excluding hydrogens is 328 g/mol. The molecular formula is C20H27N4O2+. The highest BCUT2D eigenvalue weighted by molar-refractivity contribution is 5.73. The number of furan rings is 1. The molecule has 2 aromatic heterocycles. The maximum atomic E-state index is 10.5. The van der Waals surface area contributed by atoms with Crippen LogP contribution in [0.4, 0.5) is 5.95 Å². The van der Waals surface area contributed by atoms with E-state index in [1.165, 1.54) is 32.4 Å². The molecule has 1 saturated heterocycles. The average Bonchev–Trinajstić information content (AvgIpc) is 3.29. The Bertz CT molecular complexity index is 850. The summed E-state index contributed by atoms with van der Waals surface area (Å²) < 4.78 is 9.49. The minimum absolute atomic E-state index is 0.372. The van der Waals surface area contributed by atoms with Gasteiger partial charge in [0.1, 0.15) is 29.4 Å². The van der Waals surface area contributed by atoms with Crippen LogP contribution in [0.25, 0.3) is 11.0 Å². The number of rotatable bonds is 6. The molecule has 0 saturated carbocycles. The Morgan fingerprint density at radius 1 is 1.08 bits per heavy atom. The molecule has 4 rings (SSSR count). The topological polar surface area (TPSA) is 71.4 Å². The molecule has 1 fully saturated rings. The number of nitrogens with zero attached hydrogens (tertiary/aromatic N) is 3. The van der Waals surface area contributed by atoms with Crippen molar-refractivity contribution in [2.75, 3.05) is 25.4 Å². The van der Waals surface area contributed by atoms with Crippen LogP contribution in [0.15, 0.2) is 47.1 Å². The number of aliphatic hydroxyl groups is 1. The standard InChI is InChI=1S/C20H26N4O2/c21-20-23(13-12-22-10-4-1-5-11-22)16-7-2-3-8-17(16)24(20)15-18(25)19-9-6-14-26-19/h2-3,6-9,14,18,21,25H,1,4-5,10-13,15H2/p+1/t18-/m1/s1. The van der Waals surface area contributed by atoms with Crippen molar-refractivity contribution in [3.8, 4) is 0 Å². The van der Waals surface area contributed by atoms with Gasteiger partial charge < -0.3 is 14.4 Å². The van der Waals surface area contributed by atoms with Crippen molar-refractivity contribution in [1.82, 2.24) is 9.47 Å². The summed E-state index contributed by atoms with van der Waals surface area (Å²) in [5, 5.41) is 10.5. The zero-order valence-corrected chi connectivity index (χ0v) is 15.1. The van der Waals surface area contributed by atoms with E-state index < -0.39 is 6.10 Å². The molecule has 3 aromatic rings. The van der Waals surface area contributed by atoms with E-state index in [1.54, 1.807) is 18.4 Å². The van der Waals surface area contributed by atoms with Crippen LogP contribution in [0, 0.1) is 0 Å². The first-order valence-electron chi connectivity index (χ1n) is 9.44. The Kier molecular flexibility index (Phi) is 4.95. The summed E-state index contributed by atoms with van der Waals surface area (Å²) in [6, 6.07) is 11.8. The van der Waals surface area contributed by atoms with Gasteiger partial charge in [-0.05, 0) is 50.2 Å². The number of aliphatic hydroxyl groups excluding tert-OH is 1. The van der Waals surface area contributed by atoms with E-state index in [-0.39, 0.29) is 0 Å². The van der Waals surface area contributed by atoms with Gasteiger partial charge in [-0.25, -0.2) is 9.13 Å². The number of imidazole rings is 1. The fourth-order valence-electron chi connectivity index (χ4n) is 3.91. The van der Waals surface area contributed by atoms with Gasteiger partial charge in [-0.2, -0.15) is 0 Å². The maximum Gasteiger partial charge on any atom is 0.356 e. The Morgan fingerprint density at radius 2 is 1.88 bits per heavy atom. The predicted octanol–water partition coefficient (Wildman–Crippen LogP) is 2.32. The van der Waals surface area contributed by atoms with Crippen molar-refractivity contribution in [2.45, 2.75) is 38.5 Å². The fraction of sp³-hybridized carbons (Fsp3) is 0.450. The van der Waals surface area contributed by atoms with Gasteiger partial charge in [0.2, 0.25) is 0 Å². The minimum Gasteiger partial charge on any atom is -0.466 e. The lowest BCUT2D eigenvalue weighted by atomic mass is 10.1. The van der Waals surface area contributed by atoms with Crippen LogP contribution in [0.3, 0.4) is 0 Å². The lowest BCUT2D eigenvalue weighted by Gasteiger charge is -2.25. The van der Waals surface area contributed by atoms with E-state index >= 15 is 0 Å². The lowest BCUT2D eigenvalue weighted by Crippen LogP contribution is -2.40. The second kappa shape index (κ2) is 7.51. The van der Waals surface area contributed by atoms with Crippen molar-refractivity contribution in [3.63, 3.8) is 0 Å². The van der Waals surface area contributed by atoms with Crippen molar-refractivity contribution in [1.29, 1.82) is 0 Å². The van der Waals surface area contributed by atoms with Crippen molar-refractivity contribution < 1.29 is 14.1 Å². The molecule has 138 valence electrons. The highest BCUT2D eigenvalue weighted by atomic mass is 16.4. The maximum absolute atomic E-state index is 10.5. The summed E-state index contributed by atoms with van der Waals surface area (Å²) in [5.74, 6) is 1.23.